The number of rotatable bonds is 3. The molecule has 1 aromatic rings. The SMILES string of the molecule is COc1c(F)c(F)cc(CN=C=O)c1F. The Morgan fingerprint density at radius 2 is 2.07 bits per heavy atom. The Balaban J connectivity index is 3.29. The van der Waals surface area contributed by atoms with E-state index in [2.05, 4.69) is 9.73 Å². The predicted octanol–water partition coefficient (Wildman–Crippen LogP) is 1.95. The molecular formula is C9H6F3NO2. The van der Waals surface area contributed by atoms with Crippen molar-refractivity contribution in [3.8, 4) is 5.75 Å². The minimum atomic E-state index is -1.41. The van der Waals surface area contributed by atoms with Crippen LogP contribution in [0.1, 0.15) is 5.56 Å². The first-order chi connectivity index (χ1) is 7.11. The van der Waals surface area contributed by atoms with Crippen molar-refractivity contribution in [3.05, 3.63) is 29.1 Å². The van der Waals surface area contributed by atoms with Gasteiger partial charge in [0, 0.05) is 5.56 Å². The van der Waals surface area contributed by atoms with E-state index in [0.717, 1.165) is 7.11 Å². The second-order valence-electron chi connectivity index (χ2n) is 2.59. The Kier molecular flexibility index (Phi) is 3.46. The Morgan fingerprint density at radius 3 is 2.60 bits per heavy atom. The number of isocyanates is 1. The van der Waals surface area contributed by atoms with Crippen LogP contribution in [0.2, 0.25) is 0 Å². The molecule has 3 nitrogen and oxygen atoms in total. The summed E-state index contributed by atoms with van der Waals surface area (Å²) < 4.78 is 43.5. The van der Waals surface area contributed by atoms with Crippen molar-refractivity contribution < 1.29 is 22.7 Å². The van der Waals surface area contributed by atoms with Crippen molar-refractivity contribution in [2.75, 3.05) is 7.11 Å². The van der Waals surface area contributed by atoms with Crippen LogP contribution in [0, 0.1) is 17.5 Å². The molecule has 0 bridgehead atoms. The van der Waals surface area contributed by atoms with E-state index in [4.69, 9.17) is 0 Å². The number of benzene rings is 1. The summed E-state index contributed by atoms with van der Waals surface area (Å²) in [5, 5.41) is 0. The molecule has 0 aliphatic carbocycles. The summed E-state index contributed by atoms with van der Waals surface area (Å²) in [5.41, 5.74) is -0.269. The highest BCUT2D eigenvalue weighted by molar-refractivity contribution is 5.37. The number of nitrogens with zero attached hydrogens (tertiary/aromatic N) is 1. The molecular weight excluding hydrogens is 211 g/mol. The molecule has 0 unspecified atom stereocenters. The third kappa shape index (κ3) is 2.16. The van der Waals surface area contributed by atoms with Gasteiger partial charge in [-0.15, -0.1) is 0 Å². The van der Waals surface area contributed by atoms with Crippen molar-refractivity contribution >= 4 is 6.08 Å². The van der Waals surface area contributed by atoms with Crippen LogP contribution >= 0.6 is 0 Å². The fourth-order valence-electron chi connectivity index (χ4n) is 1.04. The summed E-state index contributed by atoms with van der Waals surface area (Å²) in [7, 11) is 1.01. The molecule has 6 heteroatoms. The van der Waals surface area contributed by atoms with Crippen molar-refractivity contribution in [3.63, 3.8) is 0 Å². The quantitative estimate of drug-likeness (QED) is 0.441. The largest absolute Gasteiger partial charge is 0.491 e. The average Bonchev–Trinajstić information content (AvgIpc) is 2.22. The summed E-state index contributed by atoms with van der Waals surface area (Å²) in [6.07, 6.45) is 1.17. The van der Waals surface area contributed by atoms with E-state index in [-0.39, 0.29) is 5.56 Å². The van der Waals surface area contributed by atoms with Gasteiger partial charge in [-0.1, -0.05) is 0 Å². The first-order valence-corrected chi connectivity index (χ1v) is 3.85. The van der Waals surface area contributed by atoms with E-state index in [1.807, 2.05) is 0 Å². The Labute approximate surface area is 83.2 Å². The summed E-state index contributed by atoms with van der Waals surface area (Å²) in [5.74, 6) is -4.57. The minimum Gasteiger partial charge on any atom is -0.491 e. The second kappa shape index (κ2) is 4.61. The highest BCUT2D eigenvalue weighted by atomic mass is 19.2. The molecule has 0 radical (unpaired) electrons. The molecule has 0 heterocycles. The normalized spacial score (nSPS) is 9.60. The average molecular weight is 217 g/mol. The number of aliphatic imine (C=N–C) groups is 1. The number of halogens is 3. The van der Waals surface area contributed by atoms with Gasteiger partial charge >= 0.3 is 0 Å². The number of ether oxygens (including phenoxy) is 1. The topological polar surface area (TPSA) is 38.7 Å². The van der Waals surface area contributed by atoms with Gasteiger partial charge in [-0.3, -0.25) is 0 Å². The van der Waals surface area contributed by atoms with Gasteiger partial charge in [-0.2, -0.15) is 4.39 Å². The van der Waals surface area contributed by atoms with Gasteiger partial charge in [0.15, 0.2) is 17.4 Å². The van der Waals surface area contributed by atoms with Gasteiger partial charge in [0.1, 0.15) is 0 Å². The molecule has 0 aliphatic heterocycles. The molecule has 0 saturated heterocycles. The molecule has 1 aromatic carbocycles. The smallest absolute Gasteiger partial charge is 0.235 e. The maximum atomic E-state index is 13.3. The van der Waals surface area contributed by atoms with E-state index in [1.54, 1.807) is 0 Å². The van der Waals surface area contributed by atoms with Gasteiger partial charge < -0.3 is 4.74 Å². The maximum absolute atomic E-state index is 13.3. The third-order valence-electron chi connectivity index (χ3n) is 1.71. The lowest BCUT2D eigenvalue weighted by atomic mass is 10.2. The Hall–Kier alpha value is -1.81. The van der Waals surface area contributed by atoms with Gasteiger partial charge in [0.2, 0.25) is 11.9 Å². The van der Waals surface area contributed by atoms with E-state index in [1.165, 1.54) is 6.08 Å². The summed E-state index contributed by atoms with van der Waals surface area (Å²) in [6, 6.07) is 0.619. The van der Waals surface area contributed by atoms with E-state index in [0.29, 0.717) is 6.07 Å². The summed E-state index contributed by atoms with van der Waals surface area (Å²) in [6.45, 7) is -0.414. The number of carbonyl (C=O) groups excluding carboxylic acids is 1. The first kappa shape index (κ1) is 11.3. The zero-order chi connectivity index (χ0) is 11.4. The Morgan fingerprint density at radius 1 is 1.40 bits per heavy atom. The number of hydrogen-bond donors (Lipinski definition) is 0. The van der Waals surface area contributed by atoms with Crippen molar-refractivity contribution in [2.24, 2.45) is 4.99 Å². The molecule has 0 N–H and O–H groups in total. The first-order valence-electron chi connectivity index (χ1n) is 3.85. The molecule has 15 heavy (non-hydrogen) atoms. The van der Waals surface area contributed by atoms with Crippen LogP contribution in [-0.4, -0.2) is 13.2 Å². The van der Waals surface area contributed by atoms with Gasteiger partial charge in [-0.25, -0.2) is 18.6 Å². The standard InChI is InChI=1S/C9H6F3NO2/c1-15-9-7(11)5(3-13-4-14)2-6(10)8(9)12/h2H,3H2,1H3. The zero-order valence-corrected chi connectivity index (χ0v) is 7.68. The minimum absolute atomic E-state index is 0.269. The second-order valence-corrected chi connectivity index (χ2v) is 2.59. The molecule has 0 saturated carbocycles. The lowest BCUT2D eigenvalue weighted by Crippen LogP contribution is -2.00. The molecule has 0 amide bonds. The van der Waals surface area contributed by atoms with Crippen LogP contribution in [0.4, 0.5) is 13.2 Å². The van der Waals surface area contributed by atoms with Crippen molar-refractivity contribution in [1.29, 1.82) is 0 Å². The van der Waals surface area contributed by atoms with E-state index in [9.17, 15) is 18.0 Å². The molecule has 0 aliphatic rings. The summed E-state index contributed by atoms with van der Waals surface area (Å²) >= 11 is 0. The molecule has 80 valence electrons. The fraction of sp³-hybridized carbons (Fsp3) is 0.222. The fourth-order valence-corrected chi connectivity index (χ4v) is 1.04. The van der Waals surface area contributed by atoms with Gasteiger partial charge in [-0.05, 0) is 6.07 Å². The van der Waals surface area contributed by atoms with Crippen LogP contribution in [0.25, 0.3) is 0 Å². The van der Waals surface area contributed by atoms with E-state index < -0.39 is 29.7 Å². The highest BCUT2D eigenvalue weighted by Crippen LogP contribution is 2.27. The summed E-state index contributed by atoms with van der Waals surface area (Å²) in [4.78, 5) is 12.8. The monoisotopic (exact) mass is 217 g/mol. The van der Waals surface area contributed by atoms with Crippen LogP contribution in [0.15, 0.2) is 11.1 Å². The molecule has 0 fully saturated rings. The highest BCUT2D eigenvalue weighted by Gasteiger charge is 2.18. The lowest BCUT2D eigenvalue weighted by molar-refractivity contribution is 0.344. The molecule has 0 atom stereocenters. The van der Waals surface area contributed by atoms with Gasteiger partial charge in [0.05, 0.1) is 13.7 Å². The van der Waals surface area contributed by atoms with Crippen molar-refractivity contribution in [2.45, 2.75) is 6.54 Å². The third-order valence-corrected chi connectivity index (χ3v) is 1.71. The molecule has 0 aromatic heterocycles. The number of methoxy groups -OCH3 is 1. The van der Waals surface area contributed by atoms with Crippen molar-refractivity contribution in [1.82, 2.24) is 0 Å². The zero-order valence-electron chi connectivity index (χ0n) is 7.68. The van der Waals surface area contributed by atoms with Crippen LogP contribution in [0.3, 0.4) is 0 Å². The van der Waals surface area contributed by atoms with Crippen LogP contribution < -0.4 is 4.74 Å². The Bertz CT molecular complexity index is 428. The molecule has 0 spiro atoms. The van der Waals surface area contributed by atoms with Gasteiger partial charge in [0.25, 0.3) is 0 Å². The van der Waals surface area contributed by atoms with Crippen LogP contribution in [-0.2, 0) is 11.3 Å². The van der Waals surface area contributed by atoms with E-state index >= 15 is 0 Å². The lowest BCUT2D eigenvalue weighted by Gasteiger charge is -2.07. The maximum Gasteiger partial charge on any atom is 0.235 e. The van der Waals surface area contributed by atoms with Crippen LogP contribution in [0.5, 0.6) is 5.75 Å². The molecule has 1 rings (SSSR count). The predicted molar refractivity (Wildman–Crippen MR) is 44.7 cm³/mol. The number of hydrogen-bond acceptors (Lipinski definition) is 3.